The molecule has 0 spiro atoms. The summed E-state index contributed by atoms with van der Waals surface area (Å²) in [5.74, 6) is -0.857. The predicted octanol–water partition coefficient (Wildman–Crippen LogP) is -0.177. The van der Waals surface area contributed by atoms with Crippen LogP contribution in [-0.4, -0.2) is 71.9 Å². The molecule has 3 atom stereocenters. The SMILES string of the molecule is CC(C)NC(=O)[C@@H]1[C@@H](O)[C@@H](O)CN1C(=O)c1cccc(N(C)C)c1. The molecule has 1 fully saturated rings. The zero-order valence-corrected chi connectivity index (χ0v) is 14.4. The Hall–Kier alpha value is -2.12. The highest BCUT2D eigenvalue weighted by Gasteiger charge is 2.46. The third kappa shape index (κ3) is 3.68. The zero-order chi connectivity index (χ0) is 18.0. The van der Waals surface area contributed by atoms with Gasteiger partial charge in [0.05, 0.1) is 6.54 Å². The molecule has 0 bridgehead atoms. The molecule has 0 aliphatic carbocycles. The molecule has 1 aromatic rings. The Balaban J connectivity index is 2.29. The van der Waals surface area contributed by atoms with Gasteiger partial charge in [-0.1, -0.05) is 6.07 Å². The van der Waals surface area contributed by atoms with Gasteiger partial charge in [0.25, 0.3) is 5.91 Å². The van der Waals surface area contributed by atoms with Gasteiger partial charge in [0.15, 0.2) is 0 Å². The monoisotopic (exact) mass is 335 g/mol. The van der Waals surface area contributed by atoms with Gasteiger partial charge in [-0.25, -0.2) is 0 Å². The lowest BCUT2D eigenvalue weighted by Crippen LogP contribution is -2.52. The predicted molar refractivity (Wildman–Crippen MR) is 90.9 cm³/mol. The van der Waals surface area contributed by atoms with Crippen molar-refractivity contribution in [1.82, 2.24) is 10.2 Å². The summed E-state index contributed by atoms with van der Waals surface area (Å²) in [6.45, 7) is 3.51. The standard InChI is InChI=1S/C17H25N3O4/c1-10(2)18-16(23)14-15(22)13(21)9-20(14)17(24)11-6-5-7-12(8-11)19(3)4/h5-8,10,13-15,21-22H,9H2,1-4H3,(H,18,23)/t13-,14-,15-/m0/s1. The van der Waals surface area contributed by atoms with Gasteiger partial charge in [-0.2, -0.15) is 0 Å². The number of aliphatic hydroxyl groups excluding tert-OH is 2. The molecule has 7 heteroatoms. The van der Waals surface area contributed by atoms with Crippen LogP contribution in [0.3, 0.4) is 0 Å². The summed E-state index contributed by atoms with van der Waals surface area (Å²) in [4.78, 5) is 28.3. The van der Waals surface area contributed by atoms with Crippen LogP contribution >= 0.6 is 0 Å². The maximum Gasteiger partial charge on any atom is 0.254 e. The molecule has 0 unspecified atom stereocenters. The Morgan fingerprint density at radius 3 is 2.54 bits per heavy atom. The average Bonchev–Trinajstić information content (AvgIpc) is 2.81. The molecule has 2 amide bonds. The summed E-state index contributed by atoms with van der Waals surface area (Å²) in [5.41, 5.74) is 1.26. The number of β-amino-alcohol motifs (C(OH)–C–C–N with tert-alkyl or cyclic N) is 1. The number of aliphatic hydroxyl groups is 2. The van der Waals surface area contributed by atoms with Gasteiger partial charge in [0.2, 0.25) is 5.91 Å². The summed E-state index contributed by atoms with van der Waals surface area (Å²) in [7, 11) is 3.73. The molecule has 0 aromatic heterocycles. The molecule has 0 radical (unpaired) electrons. The van der Waals surface area contributed by atoms with Gasteiger partial charge in [0.1, 0.15) is 18.2 Å². The topological polar surface area (TPSA) is 93.1 Å². The summed E-state index contributed by atoms with van der Waals surface area (Å²) >= 11 is 0. The van der Waals surface area contributed by atoms with Gasteiger partial charge >= 0.3 is 0 Å². The van der Waals surface area contributed by atoms with E-state index in [0.29, 0.717) is 5.56 Å². The number of likely N-dealkylation sites (tertiary alicyclic amines) is 1. The highest BCUT2D eigenvalue weighted by atomic mass is 16.3. The lowest BCUT2D eigenvalue weighted by molar-refractivity contribution is -0.128. The van der Waals surface area contributed by atoms with Crippen molar-refractivity contribution in [2.45, 2.75) is 38.1 Å². The lowest BCUT2D eigenvalue weighted by atomic mass is 10.1. The maximum absolute atomic E-state index is 12.8. The Kier molecular flexibility index (Phi) is 5.46. The van der Waals surface area contributed by atoms with E-state index in [-0.39, 0.29) is 12.6 Å². The second kappa shape index (κ2) is 7.19. The van der Waals surface area contributed by atoms with Crippen LogP contribution in [-0.2, 0) is 4.79 Å². The van der Waals surface area contributed by atoms with E-state index >= 15 is 0 Å². The van der Waals surface area contributed by atoms with Crippen molar-refractivity contribution in [3.05, 3.63) is 29.8 Å². The molecular weight excluding hydrogens is 310 g/mol. The number of nitrogens with zero attached hydrogens (tertiary/aromatic N) is 2. The molecule has 2 rings (SSSR count). The quantitative estimate of drug-likeness (QED) is 0.710. The van der Waals surface area contributed by atoms with E-state index in [4.69, 9.17) is 0 Å². The van der Waals surface area contributed by atoms with E-state index in [1.54, 1.807) is 32.0 Å². The molecular formula is C17H25N3O4. The van der Waals surface area contributed by atoms with E-state index in [1.807, 2.05) is 25.1 Å². The molecule has 1 aromatic carbocycles. The van der Waals surface area contributed by atoms with Crippen LogP contribution in [0.5, 0.6) is 0 Å². The Bertz CT molecular complexity index is 618. The van der Waals surface area contributed by atoms with Crippen molar-refractivity contribution in [2.24, 2.45) is 0 Å². The first-order chi connectivity index (χ1) is 11.2. The van der Waals surface area contributed by atoms with Gasteiger partial charge in [-0.05, 0) is 32.0 Å². The normalized spacial score (nSPS) is 23.5. The second-order valence-corrected chi connectivity index (χ2v) is 6.57. The van der Waals surface area contributed by atoms with Crippen molar-refractivity contribution in [2.75, 3.05) is 25.5 Å². The Morgan fingerprint density at radius 1 is 1.29 bits per heavy atom. The largest absolute Gasteiger partial charge is 0.388 e. The van der Waals surface area contributed by atoms with E-state index in [2.05, 4.69) is 5.32 Å². The number of hydrogen-bond acceptors (Lipinski definition) is 5. The van der Waals surface area contributed by atoms with E-state index in [9.17, 15) is 19.8 Å². The fourth-order valence-electron chi connectivity index (χ4n) is 2.78. The number of nitrogens with one attached hydrogen (secondary N) is 1. The Morgan fingerprint density at radius 2 is 1.96 bits per heavy atom. The van der Waals surface area contributed by atoms with Crippen LogP contribution in [0.25, 0.3) is 0 Å². The first kappa shape index (κ1) is 18.2. The van der Waals surface area contributed by atoms with Crippen LogP contribution in [0, 0.1) is 0 Å². The highest BCUT2D eigenvalue weighted by molar-refractivity contribution is 5.99. The minimum Gasteiger partial charge on any atom is -0.388 e. The number of benzene rings is 1. The molecule has 1 aliphatic heterocycles. The third-order valence-corrected chi connectivity index (χ3v) is 4.01. The fraction of sp³-hybridized carbons (Fsp3) is 0.529. The van der Waals surface area contributed by atoms with Crippen LogP contribution in [0.15, 0.2) is 24.3 Å². The van der Waals surface area contributed by atoms with Crippen molar-refractivity contribution < 1.29 is 19.8 Å². The van der Waals surface area contributed by atoms with Crippen LogP contribution < -0.4 is 10.2 Å². The number of anilines is 1. The number of amides is 2. The number of carbonyl (C=O) groups is 2. The summed E-state index contributed by atoms with van der Waals surface area (Å²) in [6.07, 6.45) is -2.45. The van der Waals surface area contributed by atoms with Crippen LogP contribution in [0.2, 0.25) is 0 Å². The first-order valence-electron chi connectivity index (χ1n) is 7.97. The molecule has 1 aliphatic rings. The van der Waals surface area contributed by atoms with Crippen molar-refractivity contribution in [1.29, 1.82) is 0 Å². The van der Waals surface area contributed by atoms with Crippen LogP contribution in [0.4, 0.5) is 5.69 Å². The molecule has 1 heterocycles. The van der Waals surface area contributed by atoms with Gasteiger partial charge in [-0.3, -0.25) is 9.59 Å². The minimum absolute atomic E-state index is 0.0810. The fourth-order valence-corrected chi connectivity index (χ4v) is 2.78. The lowest BCUT2D eigenvalue weighted by Gasteiger charge is -2.26. The summed E-state index contributed by atoms with van der Waals surface area (Å²) in [6, 6.07) is 5.78. The van der Waals surface area contributed by atoms with Crippen molar-refractivity contribution in [3.8, 4) is 0 Å². The van der Waals surface area contributed by atoms with Gasteiger partial charge in [0, 0.05) is 31.4 Å². The van der Waals surface area contributed by atoms with Gasteiger partial charge < -0.3 is 25.3 Å². The molecule has 7 nitrogen and oxygen atoms in total. The highest BCUT2D eigenvalue weighted by Crippen LogP contribution is 2.23. The molecule has 0 saturated carbocycles. The average molecular weight is 335 g/mol. The van der Waals surface area contributed by atoms with Crippen molar-refractivity contribution >= 4 is 17.5 Å². The van der Waals surface area contributed by atoms with Crippen LogP contribution in [0.1, 0.15) is 24.2 Å². The first-order valence-corrected chi connectivity index (χ1v) is 7.97. The summed E-state index contributed by atoms with van der Waals surface area (Å²) in [5, 5.41) is 22.8. The maximum atomic E-state index is 12.8. The zero-order valence-electron chi connectivity index (χ0n) is 14.4. The molecule has 24 heavy (non-hydrogen) atoms. The molecule has 132 valence electrons. The van der Waals surface area contributed by atoms with E-state index in [1.165, 1.54) is 4.90 Å². The number of carbonyl (C=O) groups excluding carboxylic acids is 2. The van der Waals surface area contributed by atoms with E-state index in [0.717, 1.165) is 5.69 Å². The third-order valence-electron chi connectivity index (χ3n) is 4.01. The van der Waals surface area contributed by atoms with Crippen molar-refractivity contribution in [3.63, 3.8) is 0 Å². The number of rotatable bonds is 4. The van der Waals surface area contributed by atoms with E-state index < -0.39 is 30.1 Å². The minimum atomic E-state index is -1.30. The van der Waals surface area contributed by atoms with Gasteiger partial charge in [-0.15, -0.1) is 0 Å². The second-order valence-electron chi connectivity index (χ2n) is 6.57. The number of hydrogen-bond donors (Lipinski definition) is 3. The smallest absolute Gasteiger partial charge is 0.254 e. The molecule has 1 saturated heterocycles. The Labute approximate surface area is 141 Å². The summed E-state index contributed by atoms with van der Waals surface area (Å²) < 4.78 is 0. The molecule has 3 N–H and O–H groups in total.